The van der Waals surface area contributed by atoms with Crippen LogP contribution in [-0.2, 0) is 4.79 Å². The van der Waals surface area contributed by atoms with Crippen LogP contribution < -0.4 is 5.32 Å². The molecule has 1 heterocycles. The summed E-state index contributed by atoms with van der Waals surface area (Å²) in [6, 6.07) is 8.99. The Bertz CT molecular complexity index is 463. The van der Waals surface area contributed by atoms with Crippen LogP contribution in [-0.4, -0.2) is 17.4 Å². The standard InChI is InChI=1S/C12H12N2O2/c1-8-10(12(15)16)11(14-7-13-8)9-5-3-2-4-6-9/h2-7,11H,1H3,(H,13,14)(H,15,16). The molecule has 16 heavy (non-hydrogen) atoms. The monoisotopic (exact) mass is 216 g/mol. The molecule has 0 aliphatic carbocycles. The Labute approximate surface area is 93.3 Å². The highest BCUT2D eigenvalue weighted by molar-refractivity contribution is 5.91. The fourth-order valence-corrected chi connectivity index (χ4v) is 1.73. The van der Waals surface area contributed by atoms with Crippen molar-refractivity contribution in [3.63, 3.8) is 0 Å². The van der Waals surface area contributed by atoms with E-state index in [0.717, 1.165) is 5.56 Å². The van der Waals surface area contributed by atoms with Gasteiger partial charge in [-0.25, -0.2) is 4.79 Å². The maximum absolute atomic E-state index is 11.2. The van der Waals surface area contributed by atoms with Crippen molar-refractivity contribution in [1.82, 2.24) is 5.32 Å². The van der Waals surface area contributed by atoms with Crippen LogP contribution >= 0.6 is 0 Å². The second-order valence-electron chi connectivity index (χ2n) is 3.58. The van der Waals surface area contributed by atoms with Crippen molar-refractivity contribution in [2.24, 2.45) is 4.99 Å². The molecule has 2 N–H and O–H groups in total. The summed E-state index contributed by atoms with van der Waals surface area (Å²) in [7, 11) is 0. The van der Waals surface area contributed by atoms with Gasteiger partial charge in [0, 0.05) is 5.70 Å². The van der Waals surface area contributed by atoms with Crippen LogP contribution in [0.15, 0.2) is 46.6 Å². The number of aliphatic carboxylic acids is 1. The van der Waals surface area contributed by atoms with E-state index in [9.17, 15) is 4.79 Å². The number of benzene rings is 1. The first-order valence-electron chi connectivity index (χ1n) is 4.97. The van der Waals surface area contributed by atoms with Crippen molar-refractivity contribution in [2.75, 3.05) is 0 Å². The number of aliphatic imine (C=N–C) groups is 1. The van der Waals surface area contributed by atoms with E-state index in [1.54, 1.807) is 13.3 Å². The molecule has 0 aromatic heterocycles. The van der Waals surface area contributed by atoms with Crippen LogP contribution in [0.4, 0.5) is 0 Å². The molecule has 0 radical (unpaired) electrons. The molecule has 0 saturated heterocycles. The molecule has 0 amide bonds. The number of carbonyl (C=O) groups is 1. The van der Waals surface area contributed by atoms with E-state index in [0.29, 0.717) is 11.3 Å². The van der Waals surface area contributed by atoms with Gasteiger partial charge in [0.25, 0.3) is 0 Å². The van der Waals surface area contributed by atoms with Crippen molar-refractivity contribution < 1.29 is 9.90 Å². The third-order valence-corrected chi connectivity index (χ3v) is 2.53. The maximum Gasteiger partial charge on any atom is 0.335 e. The summed E-state index contributed by atoms with van der Waals surface area (Å²) in [5.74, 6) is -0.935. The number of nitrogens with zero attached hydrogens (tertiary/aromatic N) is 1. The van der Waals surface area contributed by atoms with Gasteiger partial charge in [-0.2, -0.15) is 0 Å². The predicted octanol–water partition coefficient (Wildman–Crippen LogP) is 1.72. The van der Waals surface area contributed by atoms with Crippen molar-refractivity contribution in [1.29, 1.82) is 0 Å². The minimum absolute atomic E-state index is 0.300. The van der Waals surface area contributed by atoms with Gasteiger partial charge in [-0.05, 0) is 12.5 Å². The van der Waals surface area contributed by atoms with E-state index < -0.39 is 12.0 Å². The molecular formula is C12H12N2O2. The van der Waals surface area contributed by atoms with E-state index in [1.807, 2.05) is 30.3 Å². The quantitative estimate of drug-likeness (QED) is 0.791. The van der Waals surface area contributed by atoms with Gasteiger partial charge >= 0.3 is 5.97 Å². The molecular weight excluding hydrogens is 204 g/mol. The lowest BCUT2D eigenvalue weighted by Crippen LogP contribution is -2.24. The first-order chi connectivity index (χ1) is 7.70. The zero-order chi connectivity index (χ0) is 11.5. The summed E-state index contributed by atoms with van der Waals surface area (Å²) in [4.78, 5) is 15.4. The molecule has 1 atom stereocenters. The summed E-state index contributed by atoms with van der Waals surface area (Å²) < 4.78 is 0. The highest BCUT2D eigenvalue weighted by Gasteiger charge is 2.25. The second kappa shape index (κ2) is 4.18. The van der Waals surface area contributed by atoms with Gasteiger partial charge in [-0.15, -0.1) is 0 Å². The second-order valence-corrected chi connectivity index (χ2v) is 3.58. The summed E-state index contributed by atoms with van der Waals surface area (Å²) in [5, 5.41) is 12.0. The Morgan fingerprint density at radius 2 is 2.06 bits per heavy atom. The number of nitrogens with one attached hydrogen (secondary N) is 1. The van der Waals surface area contributed by atoms with E-state index >= 15 is 0 Å². The number of hydrogen-bond donors (Lipinski definition) is 2. The topological polar surface area (TPSA) is 61.7 Å². The van der Waals surface area contributed by atoms with Crippen molar-refractivity contribution >= 4 is 12.3 Å². The Morgan fingerprint density at radius 3 is 2.69 bits per heavy atom. The van der Waals surface area contributed by atoms with Gasteiger partial charge in [0.15, 0.2) is 0 Å². The summed E-state index contributed by atoms with van der Waals surface area (Å²) >= 11 is 0. The lowest BCUT2D eigenvalue weighted by atomic mass is 9.97. The van der Waals surface area contributed by atoms with Crippen molar-refractivity contribution in [3.05, 3.63) is 47.2 Å². The molecule has 2 rings (SSSR count). The zero-order valence-corrected chi connectivity index (χ0v) is 8.84. The molecule has 1 aliphatic rings. The Balaban J connectivity index is 2.44. The third-order valence-electron chi connectivity index (χ3n) is 2.53. The lowest BCUT2D eigenvalue weighted by Gasteiger charge is -2.20. The van der Waals surface area contributed by atoms with E-state index in [2.05, 4.69) is 10.3 Å². The van der Waals surface area contributed by atoms with Gasteiger partial charge < -0.3 is 10.4 Å². The lowest BCUT2D eigenvalue weighted by molar-refractivity contribution is -0.133. The average molecular weight is 216 g/mol. The molecule has 4 nitrogen and oxygen atoms in total. The maximum atomic E-state index is 11.2. The first kappa shape index (κ1) is 10.4. The molecule has 1 unspecified atom stereocenters. The van der Waals surface area contributed by atoms with Gasteiger partial charge in [-0.3, -0.25) is 4.99 Å². The average Bonchev–Trinajstić information content (AvgIpc) is 2.29. The van der Waals surface area contributed by atoms with E-state index in [1.165, 1.54) is 0 Å². The molecule has 4 heteroatoms. The van der Waals surface area contributed by atoms with Crippen LogP contribution in [0.25, 0.3) is 0 Å². The normalized spacial score (nSPS) is 19.4. The van der Waals surface area contributed by atoms with Crippen LogP contribution in [0.3, 0.4) is 0 Å². The molecule has 0 saturated carbocycles. The molecule has 1 aromatic carbocycles. The highest BCUT2D eigenvalue weighted by Crippen LogP contribution is 2.29. The SMILES string of the molecule is CC1=C(C(=O)O)C(c2ccccc2)N=CN1. The number of hydrogen-bond acceptors (Lipinski definition) is 3. The highest BCUT2D eigenvalue weighted by atomic mass is 16.4. The number of rotatable bonds is 2. The molecule has 1 aromatic rings. The molecule has 0 fully saturated rings. The molecule has 82 valence electrons. The van der Waals surface area contributed by atoms with E-state index in [-0.39, 0.29) is 0 Å². The van der Waals surface area contributed by atoms with Crippen LogP contribution in [0.5, 0.6) is 0 Å². The van der Waals surface area contributed by atoms with Crippen LogP contribution in [0.1, 0.15) is 18.5 Å². The smallest absolute Gasteiger partial charge is 0.335 e. The van der Waals surface area contributed by atoms with Gasteiger partial charge in [-0.1, -0.05) is 30.3 Å². The first-order valence-corrected chi connectivity index (χ1v) is 4.97. The van der Waals surface area contributed by atoms with Crippen LogP contribution in [0, 0.1) is 0 Å². The van der Waals surface area contributed by atoms with Gasteiger partial charge in [0.2, 0.25) is 0 Å². The molecule has 0 spiro atoms. The largest absolute Gasteiger partial charge is 0.478 e. The van der Waals surface area contributed by atoms with E-state index in [4.69, 9.17) is 5.11 Å². The number of allylic oxidation sites excluding steroid dienone is 1. The fourth-order valence-electron chi connectivity index (χ4n) is 1.73. The number of carboxylic acid groups (broad SMARTS) is 1. The van der Waals surface area contributed by atoms with Gasteiger partial charge in [0.05, 0.1) is 11.9 Å². The van der Waals surface area contributed by atoms with Gasteiger partial charge in [0.1, 0.15) is 6.04 Å². The summed E-state index contributed by atoms with van der Waals surface area (Å²) in [6.45, 7) is 1.74. The summed E-state index contributed by atoms with van der Waals surface area (Å²) in [6.07, 6.45) is 1.54. The fraction of sp³-hybridized carbons (Fsp3) is 0.167. The Hall–Kier alpha value is -2.10. The summed E-state index contributed by atoms with van der Waals surface area (Å²) in [5.41, 5.74) is 1.82. The van der Waals surface area contributed by atoms with Crippen molar-refractivity contribution in [3.8, 4) is 0 Å². The predicted molar refractivity (Wildman–Crippen MR) is 61.1 cm³/mol. The Kier molecular flexibility index (Phi) is 2.72. The molecule has 0 bridgehead atoms. The zero-order valence-electron chi connectivity index (χ0n) is 8.84. The molecule has 1 aliphatic heterocycles. The number of carboxylic acids is 1. The Morgan fingerprint density at radius 1 is 1.38 bits per heavy atom. The van der Waals surface area contributed by atoms with Crippen molar-refractivity contribution in [2.45, 2.75) is 13.0 Å². The third kappa shape index (κ3) is 1.82. The minimum atomic E-state index is -0.935. The minimum Gasteiger partial charge on any atom is -0.478 e. The van der Waals surface area contributed by atoms with Crippen LogP contribution in [0.2, 0.25) is 0 Å².